The molecule has 164 valence electrons. The van der Waals surface area contributed by atoms with Gasteiger partial charge in [-0.05, 0) is 79.7 Å². The molecule has 0 spiro atoms. The van der Waals surface area contributed by atoms with Crippen molar-refractivity contribution in [3.8, 4) is 11.4 Å². The van der Waals surface area contributed by atoms with Crippen LogP contribution in [0.2, 0.25) is 5.02 Å². The second-order valence-electron chi connectivity index (χ2n) is 7.17. The van der Waals surface area contributed by atoms with Crippen molar-refractivity contribution in [2.75, 3.05) is 0 Å². The Morgan fingerprint density at radius 3 is 2.18 bits per heavy atom. The lowest BCUT2D eigenvalue weighted by atomic mass is 10.1. The first kappa shape index (κ1) is 22.0. The number of hydrogen-bond acceptors (Lipinski definition) is 4. The highest BCUT2D eigenvalue weighted by molar-refractivity contribution is 6.30. The van der Waals surface area contributed by atoms with Gasteiger partial charge in [0.05, 0.1) is 11.3 Å². The number of esters is 1. The van der Waals surface area contributed by atoms with Gasteiger partial charge in [0.1, 0.15) is 5.75 Å². The molecular weight excluding hydrogens is 438 g/mol. The van der Waals surface area contributed by atoms with E-state index in [0.29, 0.717) is 33.2 Å². The zero-order valence-electron chi connectivity index (χ0n) is 17.7. The number of nitrogens with zero attached hydrogens (tertiary/aromatic N) is 2. The Balaban J connectivity index is 1.46. The lowest BCUT2D eigenvalue weighted by molar-refractivity contribution is 0.0734. The van der Waals surface area contributed by atoms with Crippen LogP contribution in [0, 0.1) is 0 Å². The molecule has 0 fully saturated rings. The molecule has 0 saturated heterocycles. The van der Waals surface area contributed by atoms with Gasteiger partial charge in [-0.3, -0.25) is 4.79 Å². The number of nitrogens with one attached hydrogen (secondary N) is 1. The number of rotatable bonds is 6. The van der Waals surface area contributed by atoms with Gasteiger partial charge in [0, 0.05) is 34.2 Å². The summed E-state index contributed by atoms with van der Waals surface area (Å²) in [7, 11) is 0. The van der Waals surface area contributed by atoms with Crippen LogP contribution in [-0.4, -0.2) is 22.2 Å². The third kappa shape index (κ3) is 5.37. The third-order valence-electron chi connectivity index (χ3n) is 4.92. The number of benzene rings is 3. The molecule has 7 heteroatoms. The van der Waals surface area contributed by atoms with Gasteiger partial charge in [0.2, 0.25) is 0 Å². The molecule has 0 bridgehead atoms. The highest BCUT2D eigenvalue weighted by atomic mass is 35.5. The van der Waals surface area contributed by atoms with E-state index in [4.69, 9.17) is 16.3 Å². The summed E-state index contributed by atoms with van der Waals surface area (Å²) in [6.45, 7) is 1.73. The SMILES string of the molecule is CC(=NNC(=O)c1ccc(-n2cccc2)cc1)c1ccccc1OC(=O)c1ccc(Cl)cc1. The maximum Gasteiger partial charge on any atom is 0.343 e. The maximum atomic E-state index is 12.5. The van der Waals surface area contributed by atoms with Gasteiger partial charge in [-0.15, -0.1) is 0 Å². The summed E-state index contributed by atoms with van der Waals surface area (Å²) in [5.41, 5.74) is 5.44. The molecule has 1 aromatic heterocycles. The van der Waals surface area contributed by atoms with Gasteiger partial charge >= 0.3 is 5.97 Å². The van der Waals surface area contributed by atoms with E-state index in [2.05, 4.69) is 10.5 Å². The predicted octanol–water partition coefficient (Wildman–Crippen LogP) is 5.50. The molecule has 3 aromatic carbocycles. The van der Waals surface area contributed by atoms with Crippen molar-refractivity contribution in [3.05, 3.63) is 119 Å². The smallest absolute Gasteiger partial charge is 0.343 e. The van der Waals surface area contributed by atoms with Crippen LogP contribution >= 0.6 is 11.6 Å². The van der Waals surface area contributed by atoms with Crippen LogP contribution < -0.4 is 10.2 Å². The van der Waals surface area contributed by atoms with Crippen LogP contribution in [0.3, 0.4) is 0 Å². The Kier molecular flexibility index (Phi) is 6.66. The van der Waals surface area contributed by atoms with Crippen LogP contribution in [0.25, 0.3) is 5.69 Å². The van der Waals surface area contributed by atoms with Gasteiger partial charge in [0.25, 0.3) is 5.91 Å². The molecule has 6 nitrogen and oxygen atoms in total. The van der Waals surface area contributed by atoms with Gasteiger partial charge < -0.3 is 9.30 Å². The Bertz CT molecular complexity index is 1300. The number of hydrogen-bond donors (Lipinski definition) is 1. The molecule has 0 radical (unpaired) electrons. The Morgan fingerprint density at radius 1 is 0.848 bits per heavy atom. The number of aromatic nitrogens is 1. The third-order valence-corrected chi connectivity index (χ3v) is 5.17. The van der Waals surface area contributed by atoms with Crippen molar-refractivity contribution in [2.45, 2.75) is 6.92 Å². The molecule has 0 aliphatic rings. The molecule has 0 aliphatic carbocycles. The molecule has 0 unspecified atom stereocenters. The highest BCUT2D eigenvalue weighted by Crippen LogP contribution is 2.21. The zero-order valence-corrected chi connectivity index (χ0v) is 18.5. The number of para-hydroxylation sites is 1. The Hall–Kier alpha value is -4.16. The van der Waals surface area contributed by atoms with E-state index in [1.54, 1.807) is 67.6 Å². The first-order chi connectivity index (χ1) is 16.0. The second kappa shape index (κ2) is 9.97. The van der Waals surface area contributed by atoms with E-state index in [-0.39, 0.29) is 5.91 Å². The summed E-state index contributed by atoms with van der Waals surface area (Å²) in [5, 5.41) is 4.73. The van der Waals surface area contributed by atoms with Gasteiger partial charge in [-0.25, -0.2) is 10.2 Å². The second-order valence-corrected chi connectivity index (χ2v) is 7.60. The number of carbonyl (C=O) groups is 2. The molecule has 4 aromatic rings. The minimum atomic E-state index is -0.515. The maximum absolute atomic E-state index is 12.5. The lowest BCUT2D eigenvalue weighted by Crippen LogP contribution is -2.19. The van der Waals surface area contributed by atoms with Crippen LogP contribution in [0.4, 0.5) is 0 Å². The molecule has 0 atom stereocenters. The van der Waals surface area contributed by atoms with Gasteiger partial charge in [-0.1, -0.05) is 23.7 Å². The van der Waals surface area contributed by atoms with E-state index < -0.39 is 5.97 Å². The predicted molar refractivity (Wildman–Crippen MR) is 128 cm³/mol. The average Bonchev–Trinajstić information content (AvgIpc) is 3.38. The standard InChI is InChI=1S/C26H20ClN3O3/c1-18(28-29-25(31)19-10-14-22(15-11-19)30-16-4-5-17-30)23-6-2-3-7-24(23)33-26(32)20-8-12-21(27)13-9-20/h2-17H,1H3,(H,29,31). The lowest BCUT2D eigenvalue weighted by Gasteiger charge is -2.10. The van der Waals surface area contributed by atoms with Crippen LogP contribution in [-0.2, 0) is 0 Å². The van der Waals surface area contributed by atoms with Crippen molar-refractivity contribution in [1.29, 1.82) is 0 Å². The molecule has 1 heterocycles. The summed E-state index contributed by atoms with van der Waals surface area (Å²) >= 11 is 5.88. The van der Waals surface area contributed by atoms with E-state index >= 15 is 0 Å². The van der Waals surface area contributed by atoms with Crippen molar-refractivity contribution in [1.82, 2.24) is 9.99 Å². The molecule has 4 rings (SSSR count). The summed E-state index contributed by atoms with van der Waals surface area (Å²) in [6, 6.07) is 24.5. The van der Waals surface area contributed by atoms with E-state index in [1.807, 2.05) is 41.2 Å². The number of halogens is 1. The van der Waals surface area contributed by atoms with Crippen molar-refractivity contribution in [3.63, 3.8) is 0 Å². The number of amides is 1. The fraction of sp³-hybridized carbons (Fsp3) is 0.0385. The van der Waals surface area contributed by atoms with Crippen LogP contribution in [0.1, 0.15) is 33.2 Å². The summed E-state index contributed by atoms with van der Waals surface area (Å²) in [4.78, 5) is 25.0. The minimum Gasteiger partial charge on any atom is -0.422 e. The molecule has 1 amide bonds. The quantitative estimate of drug-likeness (QED) is 0.180. The Morgan fingerprint density at radius 2 is 1.48 bits per heavy atom. The largest absolute Gasteiger partial charge is 0.422 e. The zero-order chi connectivity index (χ0) is 23.2. The monoisotopic (exact) mass is 457 g/mol. The molecular formula is C26H20ClN3O3. The molecule has 1 N–H and O–H groups in total. The molecule has 33 heavy (non-hydrogen) atoms. The van der Waals surface area contributed by atoms with E-state index in [1.165, 1.54) is 0 Å². The first-order valence-corrected chi connectivity index (χ1v) is 10.5. The summed E-state index contributed by atoms with van der Waals surface area (Å²) in [6.07, 6.45) is 3.86. The highest BCUT2D eigenvalue weighted by Gasteiger charge is 2.14. The fourth-order valence-electron chi connectivity index (χ4n) is 3.15. The summed E-state index contributed by atoms with van der Waals surface area (Å²) in [5.74, 6) is -0.521. The van der Waals surface area contributed by atoms with E-state index in [9.17, 15) is 9.59 Å². The van der Waals surface area contributed by atoms with Crippen LogP contribution in [0.5, 0.6) is 5.75 Å². The first-order valence-electron chi connectivity index (χ1n) is 10.2. The van der Waals surface area contributed by atoms with Crippen molar-refractivity contribution < 1.29 is 14.3 Å². The molecule has 0 aliphatic heterocycles. The van der Waals surface area contributed by atoms with Crippen molar-refractivity contribution in [2.24, 2.45) is 5.10 Å². The summed E-state index contributed by atoms with van der Waals surface area (Å²) < 4.78 is 7.51. The normalized spacial score (nSPS) is 11.2. The topological polar surface area (TPSA) is 72.7 Å². The van der Waals surface area contributed by atoms with Crippen molar-refractivity contribution >= 4 is 29.2 Å². The number of hydrazone groups is 1. The number of ether oxygens (including phenoxy) is 1. The Labute approximate surface area is 196 Å². The van der Waals surface area contributed by atoms with Gasteiger partial charge in [-0.2, -0.15) is 5.10 Å². The van der Waals surface area contributed by atoms with Gasteiger partial charge in [0.15, 0.2) is 0 Å². The van der Waals surface area contributed by atoms with Crippen LogP contribution in [0.15, 0.2) is 102 Å². The average molecular weight is 458 g/mol. The van der Waals surface area contributed by atoms with E-state index in [0.717, 1.165) is 5.69 Å². The fourth-order valence-corrected chi connectivity index (χ4v) is 3.28. The molecule has 0 saturated carbocycles. The minimum absolute atomic E-state index is 0.337. The number of carbonyl (C=O) groups excluding carboxylic acids is 2.